The van der Waals surface area contributed by atoms with Crippen LogP contribution < -0.4 is 14.2 Å². The van der Waals surface area contributed by atoms with Crippen LogP contribution in [0.3, 0.4) is 0 Å². The minimum atomic E-state index is -0.829. The van der Waals surface area contributed by atoms with E-state index in [0.717, 1.165) is 51.6 Å². The van der Waals surface area contributed by atoms with Gasteiger partial charge in [0.1, 0.15) is 5.75 Å². The van der Waals surface area contributed by atoms with E-state index < -0.39 is 5.60 Å². The number of hydrogen-bond acceptors (Lipinski definition) is 4. The molecule has 1 heterocycles. The molecule has 0 bridgehead atoms. The molecule has 4 nitrogen and oxygen atoms in total. The number of rotatable bonds is 6. The van der Waals surface area contributed by atoms with E-state index in [-0.39, 0.29) is 5.41 Å². The highest BCUT2D eigenvalue weighted by Gasteiger charge is 2.47. The first-order valence-corrected chi connectivity index (χ1v) is 14.9. The van der Waals surface area contributed by atoms with Gasteiger partial charge in [0.05, 0.1) is 25.9 Å². The van der Waals surface area contributed by atoms with Crippen LogP contribution in [0.5, 0.6) is 17.2 Å². The standard InChI is InChI=1S/C39H33NO3/c1-5-38(6-2)32-21-25(24-40)17-18-28(32)35-30-22-33(41-3)34(42-4)23-31(30)37-29(36(35)38)19-20-39(43-37,26-13-9-7-10-14-26)27-15-11-8-12-16-27/h7-23H,5-6H2,1-4H3. The summed E-state index contributed by atoms with van der Waals surface area (Å²) >= 11 is 0. The van der Waals surface area contributed by atoms with Crippen molar-refractivity contribution in [2.75, 3.05) is 14.2 Å². The molecule has 43 heavy (non-hydrogen) atoms. The van der Waals surface area contributed by atoms with E-state index in [9.17, 15) is 5.26 Å². The van der Waals surface area contributed by atoms with Gasteiger partial charge in [0, 0.05) is 27.5 Å². The number of methoxy groups -OCH3 is 2. The minimum Gasteiger partial charge on any atom is -0.493 e. The highest BCUT2D eigenvalue weighted by molar-refractivity contribution is 6.09. The van der Waals surface area contributed by atoms with E-state index in [1.54, 1.807) is 14.2 Å². The summed E-state index contributed by atoms with van der Waals surface area (Å²) < 4.78 is 19.1. The minimum absolute atomic E-state index is 0.282. The molecule has 0 fully saturated rings. The smallest absolute Gasteiger partial charge is 0.178 e. The maximum atomic E-state index is 9.85. The van der Waals surface area contributed by atoms with Gasteiger partial charge in [-0.2, -0.15) is 5.26 Å². The van der Waals surface area contributed by atoms with Crippen molar-refractivity contribution in [2.24, 2.45) is 0 Å². The zero-order chi connectivity index (χ0) is 29.8. The van der Waals surface area contributed by atoms with E-state index in [4.69, 9.17) is 14.2 Å². The maximum Gasteiger partial charge on any atom is 0.178 e. The van der Waals surface area contributed by atoms with Crippen LogP contribution in [0.1, 0.15) is 60.1 Å². The van der Waals surface area contributed by atoms with E-state index in [1.807, 2.05) is 24.3 Å². The Morgan fingerprint density at radius 2 is 1.37 bits per heavy atom. The van der Waals surface area contributed by atoms with Gasteiger partial charge < -0.3 is 14.2 Å². The molecule has 5 aromatic rings. The van der Waals surface area contributed by atoms with Crippen molar-refractivity contribution < 1.29 is 14.2 Å². The number of benzene rings is 5. The predicted molar refractivity (Wildman–Crippen MR) is 172 cm³/mol. The van der Waals surface area contributed by atoms with Crippen LogP contribution in [-0.2, 0) is 11.0 Å². The average Bonchev–Trinajstić information content (AvgIpc) is 3.38. The van der Waals surface area contributed by atoms with Gasteiger partial charge in [0.25, 0.3) is 0 Å². The molecular weight excluding hydrogens is 530 g/mol. The number of fused-ring (bicyclic) bond motifs is 8. The average molecular weight is 564 g/mol. The van der Waals surface area contributed by atoms with Crippen molar-refractivity contribution in [3.8, 4) is 34.4 Å². The first-order chi connectivity index (χ1) is 21.0. The maximum absolute atomic E-state index is 9.85. The zero-order valence-corrected chi connectivity index (χ0v) is 24.9. The summed E-state index contributed by atoms with van der Waals surface area (Å²) in [5.41, 5.74) is 7.54. The highest BCUT2D eigenvalue weighted by Crippen LogP contribution is 2.61. The van der Waals surface area contributed by atoms with Gasteiger partial charge in [0.15, 0.2) is 17.1 Å². The molecule has 0 atom stereocenters. The molecule has 212 valence electrons. The fraction of sp³-hybridized carbons (Fsp3) is 0.205. The third kappa shape index (κ3) is 3.68. The van der Waals surface area contributed by atoms with Gasteiger partial charge in [-0.05, 0) is 70.8 Å². The lowest BCUT2D eigenvalue weighted by atomic mass is 9.71. The van der Waals surface area contributed by atoms with E-state index in [1.165, 1.54) is 16.7 Å². The molecule has 0 aromatic heterocycles. The van der Waals surface area contributed by atoms with Gasteiger partial charge in [-0.1, -0.05) is 86.7 Å². The van der Waals surface area contributed by atoms with Crippen molar-refractivity contribution in [1.82, 2.24) is 0 Å². The molecule has 7 rings (SSSR count). The third-order valence-corrected chi connectivity index (χ3v) is 9.57. The second-order valence-corrected chi connectivity index (χ2v) is 11.3. The predicted octanol–water partition coefficient (Wildman–Crippen LogP) is 9.16. The Morgan fingerprint density at radius 3 is 1.93 bits per heavy atom. The number of nitriles is 1. The zero-order valence-electron chi connectivity index (χ0n) is 24.9. The molecule has 0 spiro atoms. The summed E-state index contributed by atoms with van der Waals surface area (Å²) in [5, 5.41) is 11.9. The molecule has 0 amide bonds. The summed E-state index contributed by atoms with van der Waals surface area (Å²) in [5.74, 6) is 2.14. The van der Waals surface area contributed by atoms with Crippen molar-refractivity contribution in [3.05, 3.63) is 130 Å². The van der Waals surface area contributed by atoms with Crippen molar-refractivity contribution in [1.29, 1.82) is 5.26 Å². The molecule has 0 radical (unpaired) electrons. The second-order valence-electron chi connectivity index (χ2n) is 11.3. The van der Waals surface area contributed by atoms with Crippen LogP contribution in [0.2, 0.25) is 0 Å². The van der Waals surface area contributed by atoms with E-state index in [0.29, 0.717) is 17.1 Å². The largest absolute Gasteiger partial charge is 0.493 e. The summed E-state index contributed by atoms with van der Waals surface area (Å²) in [7, 11) is 3.34. The number of hydrogen-bond donors (Lipinski definition) is 0. The van der Waals surface area contributed by atoms with Crippen molar-refractivity contribution >= 4 is 16.8 Å². The van der Waals surface area contributed by atoms with Crippen molar-refractivity contribution in [2.45, 2.75) is 37.7 Å². The normalized spacial score (nSPS) is 15.1. The Balaban J connectivity index is 1.63. The van der Waals surface area contributed by atoms with Gasteiger partial charge in [0.2, 0.25) is 0 Å². The monoisotopic (exact) mass is 563 g/mol. The van der Waals surface area contributed by atoms with E-state index in [2.05, 4.69) is 98.8 Å². The fourth-order valence-electron chi connectivity index (χ4n) is 7.44. The number of nitrogens with zero attached hydrogens (tertiary/aromatic N) is 1. The van der Waals surface area contributed by atoms with Crippen LogP contribution in [0.4, 0.5) is 0 Å². The lowest BCUT2D eigenvalue weighted by Gasteiger charge is -2.39. The van der Waals surface area contributed by atoms with Gasteiger partial charge in [-0.3, -0.25) is 0 Å². The third-order valence-electron chi connectivity index (χ3n) is 9.57. The Kier molecular flexibility index (Phi) is 6.29. The summed E-state index contributed by atoms with van der Waals surface area (Å²) in [4.78, 5) is 0. The Hall–Kier alpha value is -5.01. The van der Waals surface area contributed by atoms with Gasteiger partial charge in [-0.15, -0.1) is 0 Å². The molecule has 0 saturated carbocycles. The Bertz CT molecular complexity index is 1910. The summed E-state index contributed by atoms with van der Waals surface area (Å²) in [6.45, 7) is 4.50. The number of ether oxygens (including phenoxy) is 3. The van der Waals surface area contributed by atoms with Crippen LogP contribution >= 0.6 is 0 Å². The Labute approximate surface area is 252 Å². The SMILES string of the molecule is CCC1(CC)c2cc(C#N)ccc2-c2c1c1c(c3cc(OC)c(OC)cc23)OC(c2ccccc2)(c2ccccc2)C=C1. The Morgan fingerprint density at radius 1 is 0.767 bits per heavy atom. The van der Waals surface area contributed by atoms with Crippen LogP contribution in [0.15, 0.2) is 97.1 Å². The van der Waals surface area contributed by atoms with Crippen LogP contribution in [0.25, 0.3) is 28.0 Å². The lowest BCUT2D eigenvalue weighted by molar-refractivity contribution is 0.163. The van der Waals surface area contributed by atoms with E-state index >= 15 is 0 Å². The van der Waals surface area contributed by atoms with Crippen LogP contribution in [-0.4, -0.2) is 14.2 Å². The lowest BCUT2D eigenvalue weighted by Crippen LogP contribution is -2.35. The van der Waals surface area contributed by atoms with Gasteiger partial charge >= 0.3 is 0 Å². The molecule has 1 aliphatic carbocycles. The molecular formula is C39H33NO3. The first kappa shape index (κ1) is 26.9. The quantitative estimate of drug-likeness (QED) is 0.207. The molecule has 0 saturated heterocycles. The molecule has 5 aromatic carbocycles. The topological polar surface area (TPSA) is 51.5 Å². The fourth-order valence-corrected chi connectivity index (χ4v) is 7.44. The molecule has 0 N–H and O–H groups in total. The molecule has 1 aliphatic heterocycles. The first-order valence-electron chi connectivity index (χ1n) is 14.9. The summed E-state index contributed by atoms with van der Waals surface area (Å²) in [6.07, 6.45) is 6.26. The molecule has 4 heteroatoms. The van der Waals surface area contributed by atoms with Gasteiger partial charge in [-0.25, -0.2) is 0 Å². The molecule has 2 aliphatic rings. The highest BCUT2D eigenvalue weighted by atomic mass is 16.5. The van der Waals surface area contributed by atoms with Crippen molar-refractivity contribution in [3.63, 3.8) is 0 Å². The van der Waals surface area contributed by atoms with Crippen LogP contribution in [0, 0.1) is 11.3 Å². The second kappa shape index (κ2) is 10.1. The molecule has 0 unspecified atom stereocenters. The summed E-state index contributed by atoms with van der Waals surface area (Å²) in [6, 6.07) is 33.5.